The number of carbonyl (C=O) groups excluding carboxylic acids is 1. The van der Waals surface area contributed by atoms with Gasteiger partial charge in [0.05, 0.1) is 0 Å². The third-order valence-electron chi connectivity index (χ3n) is 3.74. The molecule has 0 saturated heterocycles. The topological polar surface area (TPSA) is 20.3 Å². The molecule has 1 aromatic rings. The molecule has 0 atom stereocenters. The van der Waals surface area contributed by atoms with E-state index in [2.05, 4.69) is 32.0 Å². The van der Waals surface area contributed by atoms with Crippen molar-refractivity contribution in [3.8, 4) is 0 Å². The molecule has 1 amide bonds. The lowest BCUT2D eigenvalue weighted by molar-refractivity contribution is -0.137. The lowest BCUT2D eigenvalue weighted by Gasteiger charge is -2.29. The highest BCUT2D eigenvalue weighted by atomic mass is 16.2. The number of nitrogens with zero attached hydrogens (tertiary/aromatic N) is 1. The van der Waals surface area contributed by atoms with Crippen molar-refractivity contribution < 1.29 is 4.79 Å². The zero-order valence-electron chi connectivity index (χ0n) is 11.0. The van der Waals surface area contributed by atoms with E-state index in [1.165, 1.54) is 23.1 Å². The van der Waals surface area contributed by atoms with Crippen molar-refractivity contribution in [2.24, 2.45) is 5.92 Å². The Bertz CT molecular complexity index is 421. The number of aryl methyl sites for hydroxylation is 2. The van der Waals surface area contributed by atoms with Crippen LogP contribution in [0, 0.1) is 19.8 Å². The van der Waals surface area contributed by atoms with Crippen molar-refractivity contribution in [1.29, 1.82) is 0 Å². The first-order valence-electron chi connectivity index (χ1n) is 6.39. The molecule has 92 valence electrons. The lowest BCUT2D eigenvalue weighted by atomic mass is 9.84. The molecule has 1 aromatic carbocycles. The second-order valence-electron chi connectivity index (χ2n) is 5.25. The van der Waals surface area contributed by atoms with Crippen molar-refractivity contribution in [2.75, 3.05) is 7.05 Å². The number of hydrogen-bond acceptors (Lipinski definition) is 1. The first-order valence-corrected chi connectivity index (χ1v) is 6.39. The Morgan fingerprint density at radius 3 is 2.59 bits per heavy atom. The molecule has 0 bridgehead atoms. The maximum atomic E-state index is 12.0. The van der Waals surface area contributed by atoms with Gasteiger partial charge in [-0.25, -0.2) is 0 Å². The molecule has 1 aliphatic rings. The van der Waals surface area contributed by atoms with Gasteiger partial charge in [-0.05, 0) is 37.8 Å². The van der Waals surface area contributed by atoms with Crippen LogP contribution in [-0.4, -0.2) is 17.9 Å². The molecular weight excluding hydrogens is 210 g/mol. The van der Waals surface area contributed by atoms with Gasteiger partial charge < -0.3 is 4.90 Å². The standard InChI is InChI=1S/C15H21NO/c1-11-7-8-14(12(2)9-11)10-16(3)15(17)13-5-4-6-13/h7-9,13H,4-6,10H2,1-3H3. The number of hydrogen-bond donors (Lipinski definition) is 0. The zero-order chi connectivity index (χ0) is 12.4. The van der Waals surface area contributed by atoms with Gasteiger partial charge in [0.15, 0.2) is 0 Å². The molecule has 0 unspecified atom stereocenters. The maximum Gasteiger partial charge on any atom is 0.225 e. The van der Waals surface area contributed by atoms with E-state index in [9.17, 15) is 4.79 Å². The Balaban J connectivity index is 2.01. The van der Waals surface area contributed by atoms with Gasteiger partial charge in [0.2, 0.25) is 5.91 Å². The van der Waals surface area contributed by atoms with Crippen molar-refractivity contribution in [2.45, 2.75) is 39.7 Å². The molecule has 0 radical (unpaired) electrons. The highest BCUT2D eigenvalue weighted by Crippen LogP contribution is 2.28. The molecule has 2 nitrogen and oxygen atoms in total. The van der Waals surface area contributed by atoms with Gasteiger partial charge in [0, 0.05) is 19.5 Å². The van der Waals surface area contributed by atoms with Gasteiger partial charge in [-0.2, -0.15) is 0 Å². The van der Waals surface area contributed by atoms with Gasteiger partial charge in [-0.1, -0.05) is 30.2 Å². The lowest BCUT2D eigenvalue weighted by Crippen LogP contribution is -2.35. The molecule has 1 fully saturated rings. The van der Waals surface area contributed by atoms with Crippen LogP contribution in [-0.2, 0) is 11.3 Å². The number of benzene rings is 1. The third kappa shape index (κ3) is 2.68. The normalized spacial score (nSPS) is 15.5. The Morgan fingerprint density at radius 2 is 2.06 bits per heavy atom. The minimum atomic E-state index is 0.297. The van der Waals surface area contributed by atoms with E-state index in [4.69, 9.17) is 0 Å². The Labute approximate surface area is 104 Å². The van der Waals surface area contributed by atoms with Crippen molar-refractivity contribution in [1.82, 2.24) is 4.90 Å². The van der Waals surface area contributed by atoms with Crippen molar-refractivity contribution in [3.05, 3.63) is 34.9 Å². The number of rotatable bonds is 3. The Hall–Kier alpha value is -1.31. The summed E-state index contributed by atoms with van der Waals surface area (Å²) in [5, 5.41) is 0. The van der Waals surface area contributed by atoms with Gasteiger partial charge in [-0.15, -0.1) is 0 Å². The predicted octanol–water partition coefficient (Wildman–Crippen LogP) is 3.06. The van der Waals surface area contributed by atoms with Crippen LogP contribution in [0.15, 0.2) is 18.2 Å². The highest BCUT2D eigenvalue weighted by molar-refractivity contribution is 5.79. The van der Waals surface area contributed by atoms with Crippen molar-refractivity contribution in [3.63, 3.8) is 0 Å². The smallest absolute Gasteiger partial charge is 0.225 e. The number of carbonyl (C=O) groups is 1. The fraction of sp³-hybridized carbons (Fsp3) is 0.533. The van der Waals surface area contributed by atoms with Gasteiger partial charge in [0.25, 0.3) is 0 Å². The second-order valence-corrected chi connectivity index (χ2v) is 5.25. The van der Waals surface area contributed by atoms with Crippen molar-refractivity contribution >= 4 is 5.91 Å². The zero-order valence-corrected chi connectivity index (χ0v) is 11.0. The van der Waals surface area contributed by atoms with Crippen LogP contribution in [0.25, 0.3) is 0 Å². The largest absolute Gasteiger partial charge is 0.341 e. The van der Waals surface area contributed by atoms with Crippen LogP contribution >= 0.6 is 0 Å². The van der Waals surface area contributed by atoms with E-state index in [0.717, 1.165) is 19.4 Å². The minimum Gasteiger partial charge on any atom is -0.341 e. The molecule has 1 saturated carbocycles. The van der Waals surface area contributed by atoms with E-state index >= 15 is 0 Å². The summed E-state index contributed by atoms with van der Waals surface area (Å²) in [5.41, 5.74) is 3.81. The summed E-state index contributed by atoms with van der Waals surface area (Å²) in [6.45, 7) is 4.95. The third-order valence-corrected chi connectivity index (χ3v) is 3.74. The molecule has 2 rings (SSSR count). The summed E-state index contributed by atoms with van der Waals surface area (Å²) in [6.07, 6.45) is 3.37. The van der Waals surface area contributed by atoms with Crippen LogP contribution in [0.5, 0.6) is 0 Å². The van der Waals surface area contributed by atoms with Crippen LogP contribution < -0.4 is 0 Å². The van der Waals surface area contributed by atoms with Gasteiger partial charge >= 0.3 is 0 Å². The maximum absolute atomic E-state index is 12.0. The van der Waals surface area contributed by atoms with Gasteiger partial charge in [0.1, 0.15) is 0 Å². The first kappa shape index (κ1) is 12.2. The molecule has 17 heavy (non-hydrogen) atoms. The Morgan fingerprint density at radius 1 is 1.35 bits per heavy atom. The van der Waals surface area contributed by atoms with E-state index in [0.29, 0.717) is 11.8 Å². The molecular formula is C15H21NO. The Kier molecular flexibility index (Phi) is 3.51. The van der Waals surface area contributed by atoms with E-state index in [1.54, 1.807) is 0 Å². The summed E-state index contributed by atoms with van der Waals surface area (Å²) in [4.78, 5) is 13.9. The first-order chi connectivity index (χ1) is 8.08. The average molecular weight is 231 g/mol. The molecule has 0 aromatic heterocycles. The summed E-state index contributed by atoms with van der Waals surface area (Å²) >= 11 is 0. The van der Waals surface area contributed by atoms with Crippen LogP contribution in [0.1, 0.15) is 36.0 Å². The fourth-order valence-corrected chi connectivity index (χ4v) is 2.32. The fourth-order valence-electron chi connectivity index (χ4n) is 2.32. The average Bonchev–Trinajstić information content (AvgIpc) is 2.19. The highest BCUT2D eigenvalue weighted by Gasteiger charge is 2.27. The van der Waals surface area contributed by atoms with E-state index in [1.807, 2.05) is 11.9 Å². The molecule has 0 aliphatic heterocycles. The molecule has 0 heterocycles. The molecule has 1 aliphatic carbocycles. The SMILES string of the molecule is Cc1ccc(CN(C)C(=O)C2CCC2)c(C)c1. The molecule has 0 N–H and O–H groups in total. The van der Waals surface area contributed by atoms with Crippen LogP contribution in [0.2, 0.25) is 0 Å². The van der Waals surface area contributed by atoms with E-state index in [-0.39, 0.29) is 0 Å². The predicted molar refractivity (Wildman–Crippen MR) is 69.7 cm³/mol. The quantitative estimate of drug-likeness (QED) is 0.783. The second kappa shape index (κ2) is 4.91. The van der Waals surface area contributed by atoms with Crippen LogP contribution in [0.3, 0.4) is 0 Å². The molecule has 0 spiro atoms. The monoisotopic (exact) mass is 231 g/mol. The van der Waals surface area contributed by atoms with Crippen LogP contribution in [0.4, 0.5) is 0 Å². The van der Waals surface area contributed by atoms with Gasteiger partial charge in [-0.3, -0.25) is 4.79 Å². The summed E-state index contributed by atoms with van der Waals surface area (Å²) < 4.78 is 0. The molecule has 2 heteroatoms. The van der Waals surface area contributed by atoms with E-state index < -0.39 is 0 Å². The summed E-state index contributed by atoms with van der Waals surface area (Å²) in [7, 11) is 1.92. The summed E-state index contributed by atoms with van der Waals surface area (Å²) in [5.74, 6) is 0.613. The number of amides is 1. The minimum absolute atomic E-state index is 0.297. The summed E-state index contributed by atoms with van der Waals surface area (Å²) in [6, 6.07) is 6.43.